The number of hydrogen-bond donors (Lipinski definition) is 0. The second kappa shape index (κ2) is 9.37. The van der Waals surface area contributed by atoms with Crippen molar-refractivity contribution < 1.29 is 4.79 Å². The number of amides is 1. The van der Waals surface area contributed by atoms with Crippen LogP contribution < -0.4 is 0 Å². The van der Waals surface area contributed by atoms with Crippen molar-refractivity contribution in [3.05, 3.63) is 58.9 Å². The lowest BCUT2D eigenvalue weighted by atomic mass is 9.90. The third-order valence-corrected chi connectivity index (χ3v) is 8.43. The van der Waals surface area contributed by atoms with Gasteiger partial charge < -0.3 is 4.90 Å². The number of carbonyl (C=O) groups excluding carboxylic acids is 1. The number of carbonyl (C=O) groups is 1. The van der Waals surface area contributed by atoms with Crippen LogP contribution in [0.4, 0.5) is 0 Å². The van der Waals surface area contributed by atoms with Gasteiger partial charge in [-0.15, -0.1) is 17.9 Å². The molecule has 2 aromatic heterocycles. The van der Waals surface area contributed by atoms with Crippen LogP contribution in [0.25, 0.3) is 10.2 Å². The van der Waals surface area contributed by atoms with Crippen molar-refractivity contribution in [2.24, 2.45) is 0 Å². The Bertz CT molecular complexity index is 1100. The van der Waals surface area contributed by atoms with Crippen molar-refractivity contribution in [2.45, 2.75) is 38.4 Å². The molecule has 1 fully saturated rings. The van der Waals surface area contributed by atoms with Crippen molar-refractivity contribution in [1.29, 1.82) is 0 Å². The second-order valence-electron chi connectivity index (χ2n) is 8.54. The highest BCUT2D eigenvalue weighted by atomic mass is 32.2. The molecule has 6 nitrogen and oxygen atoms in total. The van der Waals surface area contributed by atoms with E-state index in [0.717, 1.165) is 66.5 Å². The minimum atomic E-state index is 0.0961. The van der Waals surface area contributed by atoms with Crippen LogP contribution in [0.15, 0.2) is 36.9 Å². The molecule has 1 saturated heterocycles. The predicted octanol–water partition coefficient (Wildman–Crippen LogP) is 3.86. The van der Waals surface area contributed by atoms with Gasteiger partial charge >= 0.3 is 0 Å². The fraction of sp³-hybridized carbons (Fsp3) is 0.458. The number of hydrogen-bond acceptors (Lipinski definition) is 6. The molecule has 1 unspecified atom stereocenters. The van der Waals surface area contributed by atoms with Gasteiger partial charge in [-0.2, -0.15) is 16.9 Å². The summed E-state index contributed by atoms with van der Waals surface area (Å²) in [5, 5.41) is 5.92. The van der Waals surface area contributed by atoms with E-state index < -0.39 is 0 Å². The highest BCUT2D eigenvalue weighted by Crippen LogP contribution is 2.30. The molecular weight excluding hydrogens is 438 g/mol. The molecule has 0 N–H and O–H groups in total. The lowest BCUT2D eigenvalue weighted by Gasteiger charge is -2.31. The number of para-hydroxylation sites is 1. The van der Waals surface area contributed by atoms with E-state index in [-0.39, 0.29) is 5.91 Å². The maximum atomic E-state index is 13.3. The molecule has 3 aromatic rings. The summed E-state index contributed by atoms with van der Waals surface area (Å²) in [5.41, 5.74) is 4.09. The van der Waals surface area contributed by atoms with Gasteiger partial charge in [0.1, 0.15) is 5.01 Å². The molecule has 0 radical (unpaired) electrons. The highest BCUT2D eigenvalue weighted by Gasteiger charge is 2.32. The summed E-state index contributed by atoms with van der Waals surface area (Å²) in [6, 6.07) is 8.69. The fourth-order valence-electron chi connectivity index (χ4n) is 4.74. The van der Waals surface area contributed by atoms with Gasteiger partial charge in [-0.1, -0.05) is 18.2 Å². The lowest BCUT2D eigenvalue weighted by molar-refractivity contribution is 0.0763. The summed E-state index contributed by atoms with van der Waals surface area (Å²) in [4.78, 5) is 22.5. The van der Waals surface area contributed by atoms with Gasteiger partial charge in [-0.25, -0.2) is 4.98 Å². The van der Waals surface area contributed by atoms with Crippen molar-refractivity contribution >= 4 is 39.2 Å². The van der Waals surface area contributed by atoms with Crippen molar-refractivity contribution in [3.8, 4) is 0 Å². The number of aromatic nitrogens is 3. The number of likely N-dealkylation sites (N-methyl/N-ethyl adjacent to an activating group) is 1. The Kier molecular flexibility index (Phi) is 6.35. The minimum absolute atomic E-state index is 0.0961. The molecule has 168 valence electrons. The van der Waals surface area contributed by atoms with Crippen LogP contribution in [0.5, 0.6) is 0 Å². The molecule has 1 aromatic carbocycles. The number of fused-ring (bicyclic) bond motifs is 2. The lowest BCUT2D eigenvalue weighted by Crippen LogP contribution is -2.40. The summed E-state index contributed by atoms with van der Waals surface area (Å²) in [6.45, 7) is 6.99. The zero-order chi connectivity index (χ0) is 22.1. The van der Waals surface area contributed by atoms with Gasteiger partial charge in [0.25, 0.3) is 5.91 Å². The molecule has 8 heteroatoms. The first-order valence-electron chi connectivity index (χ1n) is 11.2. The molecule has 2 aliphatic rings. The van der Waals surface area contributed by atoms with Crippen LogP contribution in [0.2, 0.25) is 0 Å². The van der Waals surface area contributed by atoms with E-state index >= 15 is 0 Å². The average Bonchev–Trinajstić information content (AvgIpc) is 3.40. The van der Waals surface area contributed by atoms with Gasteiger partial charge in [0.2, 0.25) is 0 Å². The number of rotatable bonds is 6. The first kappa shape index (κ1) is 21.7. The summed E-state index contributed by atoms with van der Waals surface area (Å²) >= 11 is 3.69. The van der Waals surface area contributed by atoms with E-state index in [1.54, 1.807) is 11.3 Å². The highest BCUT2D eigenvalue weighted by molar-refractivity contribution is 7.99. The molecule has 0 bridgehead atoms. The SMILES string of the molecule is C=CCn1nc(C(=O)N2CCSCC2)c2c1CCC(N(C)Cc1nc3ccccc3s1)C2. The first-order chi connectivity index (χ1) is 15.6. The molecule has 1 amide bonds. The average molecular weight is 468 g/mol. The van der Waals surface area contributed by atoms with E-state index in [1.807, 2.05) is 33.5 Å². The molecule has 0 saturated carbocycles. The molecular formula is C24H29N5OS2. The Balaban J connectivity index is 1.37. The third kappa shape index (κ3) is 4.23. The number of nitrogens with zero attached hydrogens (tertiary/aromatic N) is 5. The van der Waals surface area contributed by atoms with Gasteiger partial charge in [0, 0.05) is 41.9 Å². The van der Waals surface area contributed by atoms with Gasteiger partial charge in [0.15, 0.2) is 5.69 Å². The van der Waals surface area contributed by atoms with Crippen LogP contribution in [0, 0.1) is 0 Å². The number of thiazole rings is 1. The van der Waals surface area contributed by atoms with Crippen molar-refractivity contribution in [1.82, 2.24) is 24.6 Å². The Hall–Kier alpha value is -2.16. The fourth-order valence-corrected chi connectivity index (χ4v) is 6.67. The molecule has 3 heterocycles. The summed E-state index contributed by atoms with van der Waals surface area (Å²) in [6.07, 6.45) is 4.72. The first-order valence-corrected chi connectivity index (χ1v) is 13.2. The van der Waals surface area contributed by atoms with Crippen LogP contribution in [0.3, 0.4) is 0 Å². The Morgan fingerprint density at radius 2 is 2.12 bits per heavy atom. The van der Waals surface area contributed by atoms with Crippen LogP contribution in [-0.4, -0.2) is 68.2 Å². The molecule has 1 aliphatic heterocycles. The largest absolute Gasteiger partial charge is 0.336 e. The van der Waals surface area contributed by atoms with Crippen molar-refractivity contribution in [3.63, 3.8) is 0 Å². The van der Waals surface area contributed by atoms with E-state index in [9.17, 15) is 4.79 Å². The van der Waals surface area contributed by atoms with Crippen molar-refractivity contribution in [2.75, 3.05) is 31.6 Å². The maximum absolute atomic E-state index is 13.3. The summed E-state index contributed by atoms with van der Waals surface area (Å²) in [7, 11) is 2.18. The monoisotopic (exact) mass is 467 g/mol. The summed E-state index contributed by atoms with van der Waals surface area (Å²) in [5.74, 6) is 2.11. The number of benzene rings is 1. The van der Waals surface area contributed by atoms with Gasteiger partial charge in [-0.05, 0) is 38.4 Å². The minimum Gasteiger partial charge on any atom is -0.336 e. The number of thioether (sulfide) groups is 1. The molecule has 1 aliphatic carbocycles. The molecule has 32 heavy (non-hydrogen) atoms. The number of allylic oxidation sites excluding steroid dienone is 1. The standard InChI is InChI=1S/C24H29N5OS2/c1-3-10-29-20-9-8-17(27(2)16-22-25-19-6-4-5-7-21(19)32-22)15-18(20)23(26-29)24(30)28-11-13-31-14-12-28/h3-7,17H,1,8-16H2,2H3. The quantitative estimate of drug-likeness (QED) is 0.516. The van der Waals surface area contributed by atoms with E-state index in [1.165, 1.54) is 10.4 Å². The maximum Gasteiger partial charge on any atom is 0.274 e. The van der Waals surface area contributed by atoms with Gasteiger partial charge in [-0.3, -0.25) is 14.4 Å². The molecule has 1 atom stereocenters. The zero-order valence-electron chi connectivity index (χ0n) is 18.5. The van der Waals surface area contributed by atoms with E-state index in [4.69, 9.17) is 10.1 Å². The van der Waals surface area contributed by atoms with E-state index in [0.29, 0.717) is 18.3 Å². The molecule has 0 spiro atoms. The Morgan fingerprint density at radius 3 is 2.91 bits per heavy atom. The van der Waals surface area contributed by atoms with E-state index in [2.05, 4.69) is 36.7 Å². The predicted molar refractivity (Wildman–Crippen MR) is 133 cm³/mol. The topological polar surface area (TPSA) is 54.3 Å². The van der Waals surface area contributed by atoms with Crippen LogP contribution >= 0.6 is 23.1 Å². The Labute approximate surface area is 197 Å². The summed E-state index contributed by atoms with van der Waals surface area (Å²) < 4.78 is 3.23. The van der Waals surface area contributed by atoms with Crippen LogP contribution in [-0.2, 0) is 25.9 Å². The third-order valence-electron chi connectivity index (χ3n) is 6.47. The Morgan fingerprint density at radius 1 is 1.31 bits per heavy atom. The zero-order valence-corrected chi connectivity index (χ0v) is 20.1. The van der Waals surface area contributed by atoms with Gasteiger partial charge in [0.05, 0.1) is 23.3 Å². The molecule has 5 rings (SSSR count). The second-order valence-corrected chi connectivity index (χ2v) is 10.9. The smallest absolute Gasteiger partial charge is 0.274 e. The normalized spacial score (nSPS) is 18.8. The van der Waals surface area contributed by atoms with Crippen LogP contribution in [0.1, 0.15) is 33.2 Å².